The van der Waals surface area contributed by atoms with Crippen molar-refractivity contribution in [1.82, 2.24) is 0 Å². The van der Waals surface area contributed by atoms with Gasteiger partial charge in [-0.05, 0) is 6.42 Å². The van der Waals surface area contributed by atoms with Crippen LogP contribution in [0.3, 0.4) is 0 Å². The Morgan fingerprint density at radius 2 is 1.44 bits per heavy atom. The Balaban J connectivity index is 3.58. The molecular formula is C10H23ClO4S. The summed E-state index contributed by atoms with van der Waals surface area (Å²) in [6.45, 7) is 2.17. The van der Waals surface area contributed by atoms with Gasteiger partial charge in [-0.1, -0.05) is 39.0 Å². The predicted molar refractivity (Wildman–Crippen MR) is 58.8 cm³/mol. The highest BCUT2D eigenvalue weighted by molar-refractivity contribution is 8.28. The van der Waals surface area contributed by atoms with Crippen molar-refractivity contribution in [3.8, 4) is 0 Å². The molecule has 0 aromatic carbocycles. The lowest BCUT2D eigenvalue weighted by Gasteiger charge is -2.26. The lowest BCUT2D eigenvalue weighted by Crippen LogP contribution is -2.61. The molecule has 0 spiro atoms. The second-order valence-electron chi connectivity index (χ2n) is 4.35. The standard InChI is InChI=1S/C10H23ClO4S/c1-4-5-6-7-8-9-10-16(2,3)15-11(12,13)14/h4-10H2,1-3H3. The number of unbranched alkanes of at least 4 members (excludes halogenated alkanes) is 5. The number of halogens is 1. The number of rotatable bonds is 9. The first kappa shape index (κ1) is 16.5. The highest BCUT2D eigenvalue weighted by atomic mass is 35.7. The fourth-order valence-corrected chi connectivity index (χ4v) is 4.29. The Hall–Kier alpha value is 0.480. The molecule has 4 nitrogen and oxygen atoms in total. The Bertz CT molecular complexity index is 182. The molecule has 100 valence electrons. The van der Waals surface area contributed by atoms with E-state index in [1.54, 1.807) is 12.5 Å². The van der Waals surface area contributed by atoms with E-state index in [4.69, 9.17) is 0 Å². The van der Waals surface area contributed by atoms with Gasteiger partial charge in [0.15, 0.2) is 0 Å². The van der Waals surface area contributed by atoms with Crippen molar-refractivity contribution in [2.24, 2.45) is 0 Å². The van der Waals surface area contributed by atoms with Crippen LogP contribution >= 0.6 is 10.3 Å². The van der Waals surface area contributed by atoms with Gasteiger partial charge in [-0.25, -0.2) is 0 Å². The molecule has 0 aliphatic carbocycles. The van der Waals surface area contributed by atoms with Gasteiger partial charge in [0.1, 0.15) is 3.74 Å². The quantitative estimate of drug-likeness (QED) is 0.564. The summed E-state index contributed by atoms with van der Waals surface area (Å²) in [7, 11) is -6.02. The van der Waals surface area contributed by atoms with Crippen molar-refractivity contribution in [3.05, 3.63) is 0 Å². The van der Waals surface area contributed by atoms with Crippen LogP contribution in [0.15, 0.2) is 0 Å². The smallest absolute Gasteiger partial charge is 0.121 e. The lowest BCUT2D eigenvalue weighted by atomic mass is 10.1. The van der Waals surface area contributed by atoms with Crippen LogP contribution in [0.25, 0.3) is 0 Å². The fraction of sp³-hybridized carbons (Fsp3) is 1.00. The summed E-state index contributed by atoms with van der Waals surface area (Å²) < 4.78 is 35.8. The van der Waals surface area contributed by atoms with E-state index in [-0.39, 0.29) is 0 Å². The molecule has 0 aliphatic heterocycles. The molecule has 0 atom stereocenters. The van der Waals surface area contributed by atoms with Gasteiger partial charge in [0.25, 0.3) is 0 Å². The van der Waals surface area contributed by atoms with Gasteiger partial charge in [0.2, 0.25) is 0 Å². The van der Waals surface area contributed by atoms with E-state index in [0.29, 0.717) is 5.75 Å². The topological polar surface area (TPSA) is 78.4 Å². The van der Waals surface area contributed by atoms with Crippen molar-refractivity contribution < 1.29 is 28.0 Å². The molecule has 0 saturated carbocycles. The summed E-state index contributed by atoms with van der Waals surface area (Å²) in [6, 6.07) is 0. The zero-order valence-corrected chi connectivity index (χ0v) is 11.9. The van der Waals surface area contributed by atoms with Crippen molar-refractivity contribution >= 4 is 10.3 Å². The molecule has 0 rings (SSSR count). The summed E-state index contributed by atoms with van der Waals surface area (Å²) in [5, 5.41) is 0. The average molecular weight is 275 g/mol. The van der Waals surface area contributed by atoms with Crippen LogP contribution in [-0.2, 0) is 3.74 Å². The maximum atomic E-state index is 10.4. The molecule has 0 radical (unpaired) electrons. The van der Waals surface area contributed by atoms with Gasteiger partial charge < -0.3 is 0 Å². The summed E-state index contributed by atoms with van der Waals surface area (Å²) in [6.07, 6.45) is 10.3. The number of hydrogen-bond donors (Lipinski definition) is 0. The summed E-state index contributed by atoms with van der Waals surface area (Å²) >= 11 is 0. The van der Waals surface area contributed by atoms with Crippen molar-refractivity contribution in [2.75, 3.05) is 18.3 Å². The molecule has 0 unspecified atom stereocenters. The van der Waals surface area contributed by atoms with Gasteiger partial charge in [0, 0.05) is 28.6 Å². The average Bonchev–Trinajstić information content (AvgIpc) is 2.06. The van der Waals surface area contributed by atoms with Gasteiger partial charge in [-0.2, -0.15) is 14.0 Å². The molecule has 16 heavy (non-hydrogen) atoms. The van der Waals surface area contributed by atoms with E-state index < -0.39 is 20.6 Å². The minimum absolute atomic E-state index is 0.674. The predicted octanol–water partition coefficient (Wildman–Crippen LogP) is 0.240. The second kappa shape index (κ2) is 7.74. The molecule has 0 amide bonds. The molecular weight excluding hydrogens is 252 g/mol. The van der Waals surface area contributed by atoms with Crippen LogP contribution < -0.4 is 14.0 Å². The minimum atomic E-state index is -4.28. The Kier molecular flexibility index (Phi) is 7.97. The number of hydrogen-bond acceptors (Lipinski definition) is 4. The van der Waals surface area contributed by atoms with Gasteiger partial charge in [-0.15, -0.1) is 0 Å². The van der Waals surface area contributed by atoms with E-state index in [1.165, 1.54) is 25.7 Å². The summed E-state index contributed by atoms with van der Waals surface area (Å²) in [4.78, 5) is 0. The van der Waals surface area contributed by atoms with Crippen LogP contribution in [0, 0.1) is 10.2 Å². The zero-order chi connectivity index (χ0) is 12.7. The third-order valence-electron chi connectivity index (χ3n) is 2.24. The molecule has 0 bridgehead atoms. The molecule has 0 saturated heterocycles. The highest BCUT2D eigenvalue weighted by Gasteiger charge is 2.31. The summed E-state index contributed by atoms with van der Waals surface area (Å²) in [5.41, 5.74) is 0. The first-order valence-corrected chi connectivity index (χ1v) is 9.37. The van der Waals surface area contributed by atoms with E-state index in [1.807, 2.05) is 0 Å². The van der Waals surface area contributed by atoms with E-state index >= 15 is 0 Å². The van der Waals surface area contributed by atoms with Crippen LogP contribution in [-0.4, -0.2) is 18.3 Å². The largest absolute Gasteiger partial charge is 0.182 e. The Morgan fingerprint density at radius 1 is 0.938 bits per heavy atom. The maximum Gasteiger partial charge on any atom is 0.121 e. The SMILES string of the molecule is CCCCCCCCS(C)(C)O[Cl+3]([O-])([O-])[O-]. The molecule has 6 heteroatoms. The normalized spacial score (nSPS) is 14.1. The van der Waals surface area contributed by atoms with Gasteiger partial charge >= 0.3 is 0 Å². The van der Waals surface area contributed by atoms with E-state index in [9.17, 15) is 14.0 Å². The molecule has 0 heterocycles. The molecule has 0 fully saturated rings. The van der Waals surface area contributed by atoms with Crippen LogP contribution in [0.5, 0.6) is 0 Å². The zero-order valence-electron chi connectivity index (χ0n) is 10.4. The van der Waals surface area contributed by atoms with Crippen molar-refractivity contribution in [2.45, 2.75) is 45.4 Å². The Labute approximate surface area is 102 Å². The van der Waals surface area contributed by atoms with Gasteiger partial charge in [-0.3, -0.25) is 0 Å². The van der Waals surface area contributed by atoms with E-state index in [0.717, 1.165) is 12.8 Å². The first-order valence-electron chi connectivity index (χ1n) is 5.60. The third-order valence-corrected chi connectivity index (χ3v) is 5.49. The lowest BCUT2D eigenvalue weighted by molar-refractivity contribution is -1.91. The summed E-state index contributed by atoms with van der Waals surface area (Å²) in [5.74, 6) is 0.674. The fourth-order valence-electron chi connectivity index (χ4n) is 1.47. The van der Waals surface area contributed by atoms with Gasteiger partial charge in [0.05, 0.1) is 10.2 Å². The van der Waals surface area contributed by atoms with Crippen molar-refractivity contribution in [3.63, 3.8) is 0 Å². The molecule has 0 aromatic heterocycles. The Morgan fingerprint density at radius 3 is 1.94 bits per heavy atom. The van der Waals surface area contributed by atoms with Crippen LogP contribution in [0.4, 0.5) is 0 Å². The van der Waals surface area contributed by atoms with E-state index in [2.05, 4.69) is 10.7 Å². The molecule has 0 aromatic rings. The minimum Gasteiger partial charge on any atom is -0.182 e. The monoisotopic (exact) mass is 274 g/mol. The second-order valence-corrected chi connectivity index (χ2v) is 8.89. The molecule has 0 aliphatic rings. The van der Waals surface area contributed by atoms with Crippen LogP contribution in [0.2, 0.25) is 0 Å². The third kappa shape index (κ3) is 11.0. The first-order chi connectivity index (χ1) is 7.27. The molecule has 0 N–H and O–H groups in total. The van der Waals surface area contributed by atoms with Crippen LogP contribution in [0.1, 0.15) is 45.4 Å². The highest BCUT2D eigenvalue weighted by Crippen LogP contribution is 2.44. The maximum absolute atomic E-state index is 10.4. The van der Waals surface area contributed by atoms with Crippen molar-refractivity contribution in [1.29, 1.82) is 0 Å².